The Hall–Kier alpha value is -0.900. The van der Waals surface area contributed by atoms with Crippen LogP contribution in [0.25, 0.3) is 0 Å². The van der Waals surface area contributed by atoms with Gasteiger partial charge >= 0.3 is 5.97 Å². The summed E-state index contributed by atoms with van der Waals surface area (Å²) in [4.78, 5) is 22.0. The summed E-state index contributed by atoms with van der Waals surface area (Å²) in [6.07, 6.45) is 1.87. The Bertz CT molecular complexity index is 214. The van der Waals surface area contributed by atoms with Crippen LogP contribution in [-0.4, -0.2) is 29.4 Å². The normalized spacial score (nSPS) is 12.8. The van der Waals surface area contributed by atoms with Gasteiger partial charge in [0.15, 0.2) is 0 Å². The van der Waals surface area contributed by atoms with Gasteiger partial charge in [-0.1, -0.05) is 20.8 Å². The van der Waals surface area contributed by atoms with Crippen LogP contribution in [0.15, 0.2) is 0 Å². The highest BCUT2D eigenvalue weighted by atomic mass is 16.4. The van der Waals surface area contributed by atoms with Gasteiger partial charge in [-0.05, 0) is 18.8 Å². The Labute approximate surface area is 91.1 Å². The summed E-state index contributed by atoms with van der Waals surface area (Å²) in [5.41, 5.74) is 0. The quantitative estimate of drug-likeness (QED) is 0.643. The number of Topliss-reactive ketones (excluding diaryl/α,β-unsaturated/α-hetero) is 1. The molecular formula is C11H21NO3. The van der Waals surface area contributed by atoms with Crippen LogP contribution in [0.3, 0.4) is 0 Å². The van der Waals surface area contributed by atoms with E-state index < -0.39 is 12.0 Å². The number of hydrogen-bond acceptors (Lipinski definition) is 3. The minimum Gasteiger partial charge on any atom is -0.480 e. The molecule has 0 fully saturated rings. The molecule has 0 aliphatic heterocycles. The van der Waals surface area contributed by atoms with Crippen LogP contribution >= 0.6 is 0 Å². The van der Waals surface area contributed by atoms with E-state index in [0.29, 0.717) is 18.8 Å². The molecule has 1 atom stereocenters. The van der Waals surface area contributed by atoms with Gasteiger partial charge in [0.2, 0.25) is 0 Å². The first-order valence-corrected chi connectivity index (χ1v) is 5.45. The van der Waals surface area contributed by atoms with Gasteiger partial charge in [0, 0.05) is 6.42 Å². The molecule has 1 unspecified atom stereocenters. The van der Waals surface area contributed by atoms with E-state index in [9.17, 15) is 9.59 Å². The lowest BCUT2D eigenvalue weighted by atomic mass is 10.0. The number of carboxylic acid groups (broad SMARTS) is 1. The number of carbonyl (C=O) groups is 2. The Morgan fingerprint density at radius 1 is 1.33 bits per heavy atom. The van der Waals surface area contributed by atoms with E-state index >= 15 is 0 Å². The summed E-state index contributed by atoms with van der Waals surface area (Å²) in [6, 6.07) is -0.606. The van der Waals surface area contributed by atoms with Crippen LogP contribution in [0, 0.1) is 5.92 Å². The molecule has 0 rings (SSSR count). The van der Waals surface area contributed by atoms with Crippen LogP contribution in [0.5, 0.6) is 0 Å². The number of rotatable bonds is 8. The highest BCUT2D eigenvalue weighted by Gasteiger charge is 2.18. The molecule has 0 bridgehead atoms. The van der Waals surface area contributed by atoms with Crippen LogP contribution in [0.2, 0.25) is 0 Å². The van der Waals surface area contributed by atoms with Crippen molar-refractivity contribution in [3.05, 3.63) is 0 Å². The zero-order valence-corrected chi connectivity index (χ0v) is 9.75. The molecule has 15 heavy (non-hydrogen) atoms. The number of carbonyl (C=O) groups excluding carboxylic acids is 1. The zero-order valence-electron chi connectivity index (χ0n) is 9.75. The Morgan fingerprint density at radius 2 is 1.93 bits per heavy atom. The second kappa shape index (κ2) is 7.40. The fraction of sp³-hybridized carbons (Fsp3) is 0.818. The van der Waals surface area contributed by atoms with Crippen molar-refractivity contribution in [2.45, 2.75) is 46.1 Å². The molecule has 0 spiro atoms. The highest BCUT2D eigenvalue weighted by molar-refractivity contribution is 5.81. The highest BCUT2D eigenvalue weighted by Crippen LogP contribution is 2.04. The molecule has 0 aromatic heterocycles. The van der Waals surface area contributed by atoms with Gasteiger partial charge in [-0.15, -0.1) is 0 Å². The molecule has 2 N–H and O–H groups in total. The van der Waals surface area contributed by atoms with Crippen molar-refractivity contribution in [3.63, 3.8) is 0 Å². The van der Waals surface area contributed by atoms with Crippen LogP contribution in [0.4, 0.5) is 0 Å². The van der Waals surface area contributed by atoms with E-state index in [0.717, 1.165) is 6.42 Å². The Morgan fingerprint density at radius 3 is 2.33 bits per heavy atom. The third kappa shape index (κ3) is 7.08. The molecule has 0 heterocycles. The predicted octanol–water partition coefficient (Wildman–Crippen LogP) is 1.44. The average molecular weight is 215 g/mol. The summed E-state index contributed by atoms with van der Waals surface area (Å²) in [5.74, 6) is -0.500. The molecule has 0 amide bonds. The van der Waals surface area contributed by atoms with Crippen molar-refractivity contribution in [2.24, 2.45) is 5.92 Å². The SMILES string of the molecule is CCCC(=O)CNC(CC(C)C)C(=O)O. The number of ketones is 1. The maximum Gasteiger partial charge on any atom is 0.320 e. The third-order valence-electron chi connectivity index (χ3n) is 2.08. The summed E-state index contributed by atoms with van der Waals surface area (Å²) in [7, 11) is 0. The summed E-state index contributed by atoms with van der Waals surface area (Å²) in [5, 5.41) is 11.7. The van der Waals surface area contributed by atoms with Crippen molar-refractivity contribution >= 4 is 11.8 Å². The van der Waals surface area contributed by atoms with Gasteiger partial charge in [-0.25, -0.2) is 0 Å². The van der Waals surface area contributed by atoms with Gasteiger partial charge in [-0.3, -0.25) is 14.9 Å². The third-order valence-corrected chi connectivity index (χ3v) is 2.08. The maximum atomic E-state index is 11.2. The first-order valence-electron chi connectivity index (χ1n) is 5.45. The number of aliphatic carboxylic acids is 1. The molecular weight excluding hydrogens is 194 g/mol. The van der Waals surface area contributed by atoms with E-state index in [-0.39, 0.29) is 12.3 Å². The summed E-state index contributed by atoms with van der Waals surface area (Å²) < 4.78 is 0. The molecule has 0 aromatic carbocycles. The van der Waals surface area contributed by atoms with Crippen molar-refractivity contribution in [1.29, 1.82) is 0 Å². The van der Waals surface area contributed by atoms with Crippen molar-refractivity contribution < 1.29 is 14.7 Å². The van der Waals surface area contributed by atoms with Gasteiger partial charge in [0.25, 0.3) is 0 Å². The molecule has 0 aliphatic rings. The minimum atomic E-state index is -0.881. The summed E-state index contributed by atoms with van der Waals surface area (Å²) in [6.45, 7) is 6.02. The number of carboxylic acids is 1. The Balaban J connectivity index is 3.96. The predicted molar refractivity (Wildman–Crippen MR) is 58.8 cm³/mol. The lowest BCUT2D eigenvalue weighted by molar-refractivity contribution is -0.140. The molecule has 4 heteroatoms. The zero-order chi connectivity index (χ0) is 11.8. The van der Waals surface area contributed by atoms with Crippen molar-refractivity contribution in [2.75, 3.05) is 6.54 Å². The second-order valence-corrected chi connectivity index (χ2v) is 4.19. The van der Waals surface area contributed by atoms with Gasteiger partial charge < -0.3 is 5.11 Å². The molecule has 0 saturated heterocycles. The molecule has 0 radical (unpaired) electrons. The topological polar surface area (TPSA) is 66.4 Å². The van der Waals surface area contributed by atoms with Crippen molar-refractivity contribution in [1.82, 2.24) is 5.32 Å². The monoisotopic (exact) mass is 215 g/mol. The molecule has 0 aliphatic carbocycles. The van der Waals surface area contributed by atoms with E-state index in [1.54, 1.807) is 0 Å². The minimum absolute atomic E-state index is 0.0764. The number of hydrogen-bond donors (Lipinski definition) is 2. The van der Waals surface area contributed by atoms with Crippen LogP contribution < -0.4 is 5.32 Å². The maximum absolute atomic E-state index is 11.2. The first-order chi connectivity index (χ1) is 6.97. The standard InChI is InChI=1S/C11H21NO3/c1-4-5-9(13)7-12-10(11(14)15)6-8(2)3/h8,10,12H,4-7H2,1-3H3,(H,14,15). The second-order valence-electron chi connectivity index (χ2n) is 4.19. The molecule has 0 aromatic rings. The first kappa shape index (κ1) is 14.1. The molecule has 0 saturated carbocycles. The number of nitrogens with one attached hydrogen (secondary N) is 1. The lowest BCUT2D eigenvalue weighted by Crippen LogP contribution is -2.40. The van der Waals surface area contributed by atoms with Crippen molar-refractivity contribution in [3.8, 4) is 0 Å². The fourth-order valence-corrected chi connectivity index (χ4v) is 1.35. The van der Waals surface area contributed by atoms with E-state index in [2.05, 4.69) is 5.32 Å². The van der Waals surface area contributed by atoms with Crippen LogP contribution in [0.1, 0.15) is 40.0 Å². The lowest BCUT2D eigenvalue weighted by Gasteiger charge is -2.15. The molecule has 88 valence electrons. The smallest absolute Gasteiger partial charge is 0.320 e. The van der Waals surface area contributed by atoms with E-state index in [1.807, 2.05) is 20.8 Å². The van der Waals surface area contributed by atoms with Gasteiger partial charge in [0.1, 0.15) is 11.8 Å². The van der Waals surface area contributed by atoms with Gasteiger partial charge in [0.05, 0.1) is 6.54 Å². The van der Waals surface area contributed by atoms with E-state index in [1.165, 1.54) is 0 Å². The van der Waals surface area contributed by atoms with E-state index in [4.69, 9.17) is 5.11 Å². The molecule has 4 nitrogen and oxygen atoms in total. The summed E-state index contributed by atoms with van der Waals surface area (Å²) >= 11 is 0. The largest absolute Gasteiger partial charge is 0.480 e. The van der Waals surface area contributed by atoms with Gasteiger partial charge in [-0.2, -0.15) is 0 Å². The average Bonchev–Trinajstić information content (AvgIpc) is 2.11. The fourth-order valence-electron chi connectivity index (χ4n) is 1.35. The van der Waals surface area contributed by atoms with Crippen LogP contribution in [-0.2, 0) is 9.59 Å². The Kier molecular flexibility index (Phi) is 6.96.